The van der Waals surface area contributed by atoms with Crippen molar-refractivity contribution in [2.45, 2.75) is 38.7 Å². The topological polar surface area (TPSA) is 53.3 Å². The summed E-state index contributed by atoms with van der Waals surface area (Å²) in [4.78, 5) is 12.5. The van der Waals surface area contributed by atoms with Crippen molar-refractivity contribution in [1.29, 1.82) is 5.26 Å². The molecule has 0 saturated carbocycles. The number of alkyl halides is 2. The average Bonchev–Trinajstić information content (AvgIpc) is 2.13. The zero-order valence-corrected chi connectivity index (χ0v) is 10.2. The highest BCUT2D eigenvalue weighted by Gasteiger charge is 2.46. The van der Waals surface area contributed by atoms with Gasteiger partial charge in [0.25, 0.3) is 5.92 Å². The van der Waals surface area contributed by atoms with Crippen LogP contribution in [0.1, 0.15) is 27.2 Å². The van der Waals surface area contributed by atoms with Gasteiger partial charge in [0.15, 0.2) is 0 Å². The molecule has 1 atom stereocenters. The quantitative estimate of drug-likeness (QED) is 0.659. The Morgan fingerprint density at radius 3 is 2.53 bits per heavy atom. The van der Waals surface area contributed by atoms with Gasteiger partial charge in [-0.25, -0.2) is 13.6 Å². The Balaban J connectivity index is 2.66. The minimum atomic E-state index is -3.16. The van der Waals surface area contributed by atoms with E-state index in [0.717, 1.165) is 4.90 Å². The maximum absolute atomic E-state index is 13.4. The van der Waals surface area contributed by atoms with Crippen LogP contribution in [0.2, 0.25) is 0 Å². The highest BCUT2D eigenvalue weighted by Crippen LogP contribution is 2.32. The Hall–Kier alpha value is -1.38. The van der Waals surface area contributed by atoms with Crippen LogP contribution in [0.15, 0.2) is 0 Å². The summed E-state index contributed by atoms with van der Waals surface area (Å²) < 4.78 is 31.9. The first-order chi connectivity index (χ1) is 7.65. The number of nitriles is 1. The Labute approximate surface area is 99.1 Å². The van der Waals surface area contributed by atoms with Crippen LogP contribution in [-0.4, -0.2) is 35.6 Å². The molecule has 1 saturated heterocycles. The molecule has 1 fully saturated rings. The molecule has 0 spiro atoms. The van der Waals surface area contributed by atoms with Gasteiger partial charge in [-0.1, -0.05) is 0 Å². The first-order valence-electron chi connectivity index (χ1n) is 5.41. The number of piperidine rings is 1. The number of carbonyl (C=O) groups excluding carboxylic acids is 1. The lowest BCUT2D eigenvalue weighted by molar-refractivity contribution is -0.0929. The fourth-order valence-electron chi connectivity index (χ4n) is 1.58. The molecule has 17 heavy (non-hydrogen) atoms. The van der Waals surface area contributed by atoms with Crippen LogP contribution in [0.3, 0.4) is 0 Å². The third-order valence-electron chi connectivity index (χ3n) is 2.41. The van der Waals surface area contributed by atoms with E-state index in [1.165, 1.54) is 0 Å². The molecule has 0 radical (unpaired) electrons. The lowest BCUT2D eigenvalue weighted by Crippen LogP contribution is -2.51. The monoisotopic (exact) mass is 246 g/mol. The third-order valence-corrected chi connectivity index (χ3v) is 2.41. The van der Waals surface area contributed by atoms with Gasteiger partial charge in [0.2, 0.25) is 0 Å². The van der Waals surface area contributed by atoms with Crippen molar-refractivity contribution < 1.29 is 18.3 Å². The molecule has 0 bridgehead atoms. The number of rotatable bonds is 0. The van der Waals surface area contributed by atoms with Crippen LogP contribution in [-0.2, 0) is 4.74 Å². The Kier molecular flexibility index (Phi) is 3.60. The maximum Gasteiger partial charge on any atom is 0.410 e. The summed E-state index contributed by atoms with van der Waals surface area (Å²) in [5.41, 5.74) is -0.710. The van der Waals surface area contributed by atoms with Gasteiger partial charge < -0.3 is 9.64 Å². The zero-order chi connectivity index (χ0) is 13.3. The summed E-state index contributed by atoms with van der Waals surface area (Å²) in [6, 6.07) is 1.57. The second-order valence-electron chi connectivity index (χ2n) is 5.13. The van der Waals surface area contributed by atoms with E-state index in [0.29, 0.717) is 0 Å². The third kappa shape index (κ3) is 3.55. The second kappa shape index (κ2) is 4.47. The molecule has 0 aliphatic carbocycles. The van der Waals surface area contributed by atoms with Crippen LogP contribution in [0.5, 0.6) is 0 Å². The number of ether oxygens (including phenoxy) is 1. The van der Waals surface area contributed by atoms with Crippen molar-refractivity contribution in [3.05, 3.63) is 0 Å². The van der Waals surface area contributed by atoms with Gasteiger partial charge in [0.1, 0.15) is 11.5 Å². The standard InChI is InChI=1S/C11H16F2N2O2/c1-10(2,3)17-9(16)15-5-4-8(6-14)11(12,13)7-15/h8H,4-5,7H2,1-3H3/t8-/m1/s1. The van der Waals surface area contributed by atoms with Crippen molar-refractivity contribution in [1.82, 2.24) is 4.90 Å². The summed E-state index contributed by atoms with van der Waals surface area (Å²) >= 11 is 0. The molecule has 1 rings (SSSR count). The highest BCUT2D eigenvalue weighted by molar-refractivity contribution is 5.68. The highest BCUT2D eigenvalue weighted by atomic mass is 19.3. The largest absolute Gasteiger partial charge is 0.444 e. The van der Waals surface area contributed by atoms with Gasteiger partial charge >= 0.3 is 6.09 Å². The lowest BCUT2D eigenvalue weighted by Gasteiger charge is -2.36. The predicted molar refractivity (Wildman–Crippen MR) is 56.5 cm³/mol. The van der Waals surface area contributed by atoms with Crippen LogP contribution in [0.4, 0.5) is 13.6 Å². The second-order valence-corrected chi connectivity index (χ2v) is 5.13. The van der Waals surface area contributed by atoms with E-state index in [1.54, 1.807) is 26.8 Å². The maximum atomic E-state index is 13.4. The molecule has 0 aromatic heterocycles. The molecule has 0 unspecified atom stereocenters. The number of amides is 1. The molecule has 0 aromatic rings. The summed E-state index contributed by atoms with van der Waals surface area (Å²) in [5, 5.41) is 8.57. The molecule has 96 valence electrons. The van der Waals surface area contributed by atoms with E-state index < -0.39 is 30.1 Å². The van der Waals surface area contributed by atoms with Gasteiger partial charge in [0, 0.05) is 6.54 Å². The number of likely N-dealkylation sites (tertiary alicyclic amines) is 1. The van der Waals surface area contributed by atoms with Crippen molar-refractivity contribution in [2.24, 2.45) is 5.92 Å². The first kappa shape index (κ1) is 13.7. The van der Waals surface area contributed by atoms with E-state index in [2.05, 4.69) is 0 Å². The minimum absolute atomic E-state index is 0.0251. The van der Waals surface area contributed by atoms with Crippen LogP contribution in [0, 0.1) is 17.2 Å². The number of hydrogen-bond donors (Lipinski definition) is 0. The number of hydrogen-bond acceptors (Lipinski definition) is 3. The lowest BCUT2D eigenvalue weighted by atomic mass is 9.95. The van der Waals surface area contributed by atoms with Gasteiger partial charge in [-0.3, -0.25) is 0 Å². The number of halogens is 2. The van der Waals surface area contributed by atoms with Crippen molar-refractivity contribution >= 4 is 6.09 Å². The summed E-state index contributed by atoms with van der Waals surface area (Å²) in [5.74, 6) is -4.48. The van der Waals surface area contributed by atoms with E-state index >= 15 is 0 Å². The first-order valence-corrected chi connectivity index (χ1v) is 5.41. The van der Waals surface area contributed by atoms with E-state index in [9.17, 15) is 13.6 Å². The summed E-state index contributed by atoms with van der Waals surface area (Å²) in [6.07, 6.45) is -0.781. The smallest absolute Gasteiger partial charge is 0.410 e. The van der Waals surface area contributed by atoms with E-state index in [1.807, 2.05) is 0 Å². The van der Waals surface area contributed by atoms with Crippen molar-refractivity contribution in [3.63, 3.8) is 0 Å². The van der Waals surface area contributed by atoms with Crippen LogP contribution >= 0.6 is 0 Å². The van der Waals surface area contributed by atoms with Gasteiger partial charge in [0.05, 0.1) is 12.6 Å². The van der Waals surface area contributed by atoms with E-state index in [4.69, 9.17) is 10.00 Å². The normalized spacial score (nSPS) is 24.0. The number of carbonyl (C=O) groups is 1. The van der Waals surface area contributed by atoms with Crippen LogP contribution in [0.25, 0.3) is 0 Å². The number of nitrogens with zero attached hydrogens (tertiary/aromatic N) is 2. The van der Waals surface area contributed by atoms with Gasteiger partial charge in [-0.2, -0.15) is 5.26 Å². The Morgan fingerprint density at radius 1 is 1.53 bits per heavy atom. The van der Waals surface area contributed by atoms with Gasteiger partial charge in [-0.15, -0.1) is 0 Å². The minimum Gasteiger partial charge on any atom is -0.444 e. The summed E-state index contributed by atoms with van der Waals surface area (Å²) in [6.45, 7) is 4.39. The molecule has 0 N–H and O–H groups in total. The van der Waals surface area contributed by atoms with Crippen molar-refractivity contribution in [3.8, 4) is 6.07 Å². The van der Waals surface area contributed by atoms with Crippen molar-refractivity contribution in [2.75, 3.05) is 13.1 Å². The fraction of sp³-hybridized carbons (Fsp3) is 0.818. The fourth-order valence-corrected chi connectivity index (χ4v) is 1.58. The zero-order valence-electron chi connectivity index (χ0n) is 10.2. The molecular formula is C11H16F2N2O2. The average molecular weight is 246 g/mol. The molecule has 1 aliphatic heterocycles. The predicted octanol–water partition coefficient (Wildman–Crippen LogP) is 2.40. The Morgan fingerprint density at radius 2 is 2.12 bits per heavy atom. The molecule has 6 heteroatoms. The van der Waals surface area contributed by atoms with Crippen LogP contribution < -0.4 is 0 Å². The summed E-state index contributed by atoms with van der Waals surface area (Å²) in [7, 11) is 0. The Bertz CT molecular complexity index is 344. The molecular weight excluding hydrogens is 230 g/mol. The molecule has 1 aliphatic rings. The SMILES string of the molecule is CC(C)(C)OC(=O)N1CC[C@H](C#N)C(F)(F)C1. The van der Waals surface area contributed by atoms with E-state index in [-0.39, 0.29) is 13.0 Å². The van der Waals surface area contributed by atoms with Gasteiger partial charge in [-0.05, 0) is 27.2 Å². The molecule has 0 aromatic carbocycles. The molecule has 4 nitrogen and oxygen atoms in total. The molecule has 1 amide bonds. The molecule has 1 heterocycles.